The molecule has 3 nitrogen and oxygen atoms in total. The summed E-state index contributed by atoms with van der Waals surface area (Å²) in [6, 6.07) is 0.141. The van der Waals surface area contributed by atoms with Crippen molar-refractivity contribution in [1.29, 1.82) is 0 Å². The fourth-order valence-corrected chi connectivity index (χ4v) is 1.73. The molecule has 0 spiro atoms. The van der Waals surface area contributed by atoms with Crippen molar-refractivity contribution in [2.24, 2.45) is 0 Å². The molecule has 0 heterocycles. The third kappa shape index (κ3) is 2.66. The van der Waals surface area contributed by atoms with Crippen LogP contribution in [0.25, 0.3) is 0 Å². The van der Waals surface area contributed by atoms with Crippen LogP contribution >= 0.6 is 0 Å². The summed E-state index contributed by atoms with van der Waals surface area (Å²) < 4.78 is 22.5. The third-order valence-electron chi connectivity index (χ3n) is 1.25. The molecule has 0 rings (SSSR count). The number of hydrogen-bond acceptors (Lipinski definition) is 2. The topological polar surface area (TPSA) is 37.4 Å². The van der Waals surface area contributed by atoms with Gasteiger partial charge in [0.05, 0.1) is 0 Å². The van der Waals surface area contributed by atoms with E-state index in [4.69, 9.17) is 0 Å². The van der Waals surface area contributed by atoms with Crippen LogP contribution in [0.5, 0.6) is 0 Å². The average Bonchev–Trinajstić information content (AvgIpc) is 1.59. The highest BCUT2D eigenvalue weighted by Crippen LogP contribution is 2.03. The van der Waals surface area contributed by atoms with Gasteiger partial charge in [-0.25, -0.2) is 8.42 Å². The van der Waals surface area contributed by atoms with E-state index in [0.29, 0.717) is 0 Å². The first-order valence-corrected chi connectivity index (χ1v) is 4.52. The van der Waals surface area contributed by atoms with Crippen molar-refractivity contribution < 1.29 is 8.42 Å². The summed E-state index contributed by atoms with van der Waals surface area (Å²) >= 11 is 0. The van der Waals surface area contributed by atoms with Crippen LogP contribution in [0.2, 0.25) is 0 Å². The zero-order valence-corrected chi connectivity index (χ0v) is 7.76. The lowest BCUT2D eigenvalue weighted by Crippen LogP contribution is -2.35. The molecule has 0 aliphatic carbocycles. The van der Waals surface area contributed by atoms with E-state index in [2.05, 4.69) is 0 Å². The lowest BCUT2D eigenvalue weighted by atomic mass is 10.3. The molecule has 0 unspecified atom stereocenters. The second kappa shape index (κ2) is 3.93. The normalized spacial score (nSPS) is 12.4. The minimum Gasteiger partial charge on any atom is -0.215 e. The molecule has 4 heteroatoms. The lowest BCUT2D eigenvalue weighted by molar-refractivity contribution is 0.312. The molecule has 0 aliphatic rings. The maximum absolute atomic E-state index is 10.5. The standard InChI is InChI=1S/C6H15NO2S/c1-5(2)7(6(3)4)10(8)9/h5-6,10H,1-4H3. The van der Waals surface area contributed by atoms with Crippen molar-refractivity contribution in [2.75, 3.05) is 0 Å². The van der Waals surface area contributed by atoms with Gasteiger partial charge in [-0.2, -0.15) is 4.31 Å². The maximum Gasteiger partial charge on any atom is 0.204 e. The Morgan fingerprint density at radius 1 is 1.00 bits per heavy atom. The highest BCUT2D eigenvalue weighted by Gasteiger charge is 2.14. The van der Waals surface area contributed by atoms with Gasteiger partial charge in [-0.15, -0.1) is 0 Å². The quantitative estimate of drug-likeness (QED) is 0.623. The molecule has 0 bridgehead atoms. The molecular weight excluding hydrogens is 150 g/mol. The van der Waals surface area contributed by atoms with Gasteiger partial charge in [-0.05, 0) is 27.7 Å². The van der Waals surface area contributed by atoms with Crippen LogP contribution in [0.1, 0.15) is 27.7 Å². The highest BCUT2D eigenvalue weighted by atomic mass is 32.2. The first-order valence-electron chi connectivity index (χ1n) is 3.39. The van der Waals surface area contributed by atoms with Crippen molar-refractivity contribution in [3.63, 3.8) is 0 Å². The van der Waals surface area contributed by atoms with Gasteiger partial charge in [0.25, 0.3) is 0 Å². The lowest BCUT2D eigenvalue weighted by Gasteiger charge is -2.22. The summed E-state index contributed by atoms with van der Waals surface area (Å²) in [7, 11) is -2.41. The van der Waals surface area contributed by atoms with Crippen LogP contribution < -0.4 is 0 Å². The van der Waals surface area contributed by atoms with Gasteiger partial charge in [0.2, 0.25) is 10.9 Å². The van der Waals surface area contributed by atoms with Gasteiger partial charge in [0, 0.05) is 12.1 Å². The third-order valence-corrected chi connectivity index (χ3v) is 2.55. The maximum atomic E-state index is 10.5. The predicted octanol–water partition coefficient (Wildman–Crippen LogP) is 0.632. The summed E-state index contributed by atoms with van der Waals surface area (Å²) in [4.78, 5) is 0. The molecule has 0 aromatic heterocycles. The number of hydrogen-bond donors (Lipinski definition) is 1. The molecular formula is C6H15NO2S. The van der Waals surface area contributed by atoms with Gasteiger partial charge < -0.3 is 0 Å². The Morgan fingerprint density at radius 3 is 1.30 bits per heavy atom. The second-order valence-electron chi connectivity index (χ2n) is 2.81. The van der Waals surface area contributed by atoms with E-state index in [9.17, 15) is 8.42 Å². The minimum absolute atomic E-state index is 0.0705. The van der Waals surface area contributed by atoms with Crippen LogP contribution in [0.3, 0.4) is 0 Å². The first-order chi connectivity index (χ1) is 4.46. The van der Waals surface area contributed by atoms with Gasteiger partial charge in [0.15, 0.2) is 0 Å². The summed E-state index contributed by atoms with van der Waals surface area (Å²) in [5, 5.41) is 0. The van der Waals surface area contributed by atoms with Crippen molar-refractivity contribution in [1.82, 2.24) is 4.31 Å². The zero-order valence-electron chi connectivity index (χ0n) is 6.87. The van der Waals surface area contributed by atoms with E-state index in [1.165, 1.54) is 4.31 Å². The largest absolute Gasteiger partial charge is 0.215 e. The highest BCUT2D eigenvalue weighted by molar-refractivity contribution is 7.69. The SMILES string of the molecule is CC(C)N(C(C)C)[SH](=O)=O. The van der Waals surface area contributed by atoms with Crippen molar-refractivity contribution in [3.05, 3.63) is 0 Å². The Labute approximate surface area is 64.1 Å². The molecule has 0 fully saturated rings. The van der Waals surface area contributed by atoms with E-state index in [1.807, 2.05) is 27.7 Å². The summed E-state index contributed by atoms with van der Waals surface area (Å²) in [5.74, 6) is 0. The number of thiol groups is 1. The summed E-state index contributed by atoms with van der Waals surface area (Å²) in [6.45, 7) is 7.46. The first kappa shape index (κ1) is 9.91. The van der Waals surface area contributed by atoms with Crippen LogP contribution in [0.15, 0.2) is 0 Å². The summed E-state index contributed by atoms with van der Waals surface area (Å²) in [5.41, 5.74) is 0. The van der Waals surface area contributed by atoms with Crippen molar-refractivity contribution in [3.8, 4) is 0 Å². The van der Waals surface area contributed by atoms with E-state index in [1.54, 1.807) is 0 Å². The molecule has 62 valence electrons. The monoisotopic (exact) mass is 165 g/mol. The Kier molecular flexibility index (Phi) is 3.89. The van der Waals surface area contributed by atoms with Crippen LogP contribution in [-0.2, 0) is 10.9 Å². The number of nitrogens with zero attached hydrogens (tertiary/aromatic N) is 1. The molecule has 0 aromatic carbocycles. The smallest absolute Gasteiger partial charge is 0.204 e. The second-order valence-corrected chi connectivity index (χ2v) is 3.74. The fourth-order valence-electron chi connectivity index (χ4n) is 0.973. The Morgan fingerprint density at radius 2 is 1.30 bits per heavy atom. The van der Waals surface area contributed by atoms with Gasteiger partial charge in [0.1, 0.15) is 0 Å². The predicted molar refractivity (Wildman–Crippen MR) is 42.4 cm³/mol. The van der Waals surface area contributed by atoms with Crippen LogP contribution in [0.4, 0.5) is 0 Å². The Bertz CT molecular complexity index is 147. The fraction of sp³-hybridized carbons (Fsp3) is 1.00. The van der Waals surface area contributed by atoms with E-state index < -0.39 is 10.9 Å². The van der Waals surface area contributed by atoms with Crippen LogP contribution in [-0.4, -0.2) is 24.8 Å². The summed E-state index contributed by atoms with van der Waals surface area (Å²) in [6.07, 6.45) is 0. The molecule has 0 amide bonds. The van der Waals surface area contributed by atoms with Crippen molar-refractivity contribution >= 4 is 10.9 Å². The Hall–Kier alpha value is -0.0900. The minimum atomic E-state index is -2.41. The molecule has 0 saturated carbocycles. The zero-order chi connectivity index (χ0) is 8.31. The van der Waals surface area contributed by atoms with E-state index in [-0.39, 0.29) is 12.1 Å². The van der Waals surface area contributed by atoms with Gasteiger partial charge in [-0.3, -0.25) is 0 Å². The van der Waals surface area contributed by atoms with Gasteiger partial charge in [-0.1, -0.05) is 0 Å². The number of rotatable bonds is 3. The Balaban J connectivity index is 4.27. The van der Waals surface area contributed by atoms with Gasteiger partial charge >= 0.3 is 0 Å². The molecule has 0 atom stereocenters. The van der Waals surface area contributed by atoms with Crippen molar-refractivity contribution in [2.45, 2.75) is 39.8 Å². The molecule has 0 N–H and O–H groups in total. The average molecular weight is 165 g/mol. The van der Waals surface area contributed by atoms with E-state index >= 15 is 0 Å². The molecule has 10 heavy (non-hydrogen) atoms. The molecule has 0 aromatic rings. The molecule has 0 radical (unpaired) electrons. The van der Waals surface area contributed by atoms with E-state index in [0.717, 1.165) is 0 Å². The van der Waals surface area contributed by atoms with Crippen LogP contribution in [0, 0.1) is 0 Å². The molecule has 0 saturated heterocycles. The molecule has 0 aliphatic heterocycles.